The van der Waals surface area contributed by atoms with Crippen molar-refractivity contribution in [3.05, 3.63) is 46.7 Å². The van der Waals surface area contributed by atoms with Gasteiger partial charge in [-0.05, 0) is 24.6 Å². The minimum Gasteiger partial charge on any atom is -0.477 e. The number of aryl methyl sites for hydroxylation is 1. The molecule has 2 aromatic heterocycles. The Balaban J connectivity index is 2.27. The SMILES string of the molecule is CCCc1nn(-c2ccccc2F)c2sc(C(=O)O)cc12. The van der Waals surface area contributed by atoms with Gasteiger partial charge in [0.1, 0.15) is 21.2 Å². The monoisotopic (exact) mass is 304 g/mol. The zero-order chi connectivity index (χ0) is 15.0. The van der Waals surface area contributed by atoms with Crippen molar-refractivity contribution in [2.24, 2.45) is 0 Å². The molecule has 0 aliphatic carbocycles. The molecular formula is C15H13FN2O2S. The van der Waals surface area contributed by atoms with Gasteiger partial charge in [0.25, 0.3) is 0 Å². The molecule has 3 aromatic rings. The molecule has 1 aromatic carbocycles. The van der Waals surface area contributed by atoms with Crippen molar-refractivity contribution >= 4 is 27.5 Å². The fourth-order valence-electron chi connectivity index (χ4n) is 2.28. The number of aromatic carboxylic acids is 1. The number of benzene rings is 1. The van der Waals surface area contributed by atoms with Crippen molar-refractivity contribution < 1.29 is 14.3 Å². The quantitative estimate of drug-likeness (QED) is 0.796. The summed E-state index contributed by atoms with van der Waals surface area (Å²) in [7, 11) is 0. The van der Waals surface area contributed by atoms with E-state index >= 15 is 0 Å². The molecule has 0 saturated heterocycles. The molecule has 0 amide bonds. The highest BCUT2D eigenvalue weighted by atomic mass is 32.1. The van der Waals surface area contributed by atoms with E-state index in [1.54, 1.807) is 24.3 Å². The van der Waals surface area contributed by atoms with Gasteiger partial charge in [-0.3, -0.25) is 0 Å². The van der Waals surface area contributed by atoms with Crippen LogP contribution in [0.15, 0.2) is 30.3 Å². The van der Waals surface area contributed by atoms with Gasteiger partial charge in [-0.1, -0.05) is 25.5 Å². The molecule has 3 rings (SSSR count). The maximum absolute atomic E-state index is 14.0. The second-order valence-electron chi connectivity index (χ2n) is 4.69. The van der Waals surface area contributed by atoms with Crippen molar-refractivity contribution in [3.8, 4) is 5.69 Å². The number of nitrogens with zero attached hydrogens (tertiary/aromatic N) is 2. The zero-order valence-electron chi connectivity index (χ0n) is 11.3. The Hall–Kier alpha value is -2.21. The van der Waals surface area contributed by atoms with Crippen LogP contribution in [0.1, 0.15) is 28.7 Å². The molecule has 0 atom stereocenters. The topological polar surface area (TPSA) is 55.1 Å². The van der Waals surface area contributed by atoms with Crippen LogP contribution in [-0.2, 0) is 6.42 Å². The first kappa shape index (κ1) is 13.8. The smallest absolute Gasteiger partial charge is 0.345 e. The Labute approximate surface area is 124 Å². The maximum Gasteiger partial charge on any atom is 0.345 e. The van der Waals surface area contributed by atoms with Crippen LogP contribution < -0.4 is 0 Å². The number of hydrogen-bond acceptors (Lipinski definition) is 3. The fraction of sp³-hybridized carbons (Fsp3) is 0.200. The highest BCUT2D eigenvalue weighted by Crippen LogP contribution is 2.31. The highest BCUT2D eigenvalue weighted by Gasteiger charge is 2.19. The molecule has 21 heavy (non-hydrogen) atoms. The molecular weight excluding hydrogens is 291 g/mol. The summed E-state index contributed by atoms with van der Waals surface area (Å²) in [6, 6.07) is 7.98. The van der Waals surface area contributed by atoms with Crippen LogP contribution in [0.2, 0.25) is 0 Å². The second kappa shape index (κ2) is 5.29. The summed E-state index contributed by atoms with van der Waals surface area (Å²) in [6.45, 7) is 2.03. The van der Waals surface area contributed by atoms with E-state index in [-0.39, 0.29) is 10.7 Å². The van der Waals surface area contributed by atoms with Gasteiger partial charge in [0.2, 0.25) is 0 Å². The van der Waals surface area contributed by atoms with Crippen LogP contribution in [0.5, 0.6) is 0 Å². The number of halogens is 1. The fourth-order valence-corrected chi connectivity index (χ4v) is 3.26. The molecule has 0 saturated carbocycles. The molecule has 1 N–H and O–H groups in total. The number of carboxylic acids is 1. The van der Waals surface area contributed by atoms with Gasteiger partial charge in [-0.15, -0.1) is 11.3 Å². The molecule has 0 unspecified atom stereocenters. The number of para-hydroxylation sites is 1. The average molecular weight is 304 g/mol. The number of thiophene rings is 1. The molecule has 6 heteroatoms. The van der Waals surface area contributed by atoms with Crippen LogP contribution >= 0.6 is 11.3 Å². The third kappa shape index (κ3) is 2.31. The Morgan fingerprint density at radius 3 is 2.86 bits per heavy atom. The minimum atomic E-state index is -0.973. The first-order chi connectivity index (χ1) is 10.1. The van der Waals surface area contributed by atoms with Gasteiger partial charge in [0.05, 0.1) is 5.69 Å². The molecule has 0 spiro atoms. The van der Waals surface area contributed by atoms with Gasteiger partial charge in [-0.2, -0.15) is 5.10 Å². The average Bonchev–Trinajstić information content (AvgIpc) is 3.01. The number of aromatic nitrogens is 2. The van der Waals surface area contributed by atoms with Gasteiger partial charge in [-0.25, -0.2) is 13.9 Å². The zero-order valence-corrected chi connectivity index (χ0v) is 12.2. The third-order valence-electron chi connectivity index (χ3n) is 3.21. The molecule has 4 nitrogen and oxygen atoms in total. The molecule has 0 radical (unpaired) electrons. The van der Waals surface area contributed by atoms with E-state index in [1.165, 1.54) is 10.7 Å². The Kier molecular flexibility index (Phi) is 3.47. The van der Waals surface area contributed by atoms with Gasteiger partial charge < -0.3 is 5.11 Å². The molecule has 0 fully saturated rings. The molecule has 0 aliphatic heterocycles. The Morgan fingerprint density at radius 2 is 2.19 bits per heavy atom. The van der Waals surface area contributed by atoms with Crippen LogP contribution in [0, 0.1) is 5.82 Å². The molecule has 2 heterocycles. The van der Waals surface area contributed by atoms with E-state index < -0.39 is 5.97 Å². The molecule has 0 bridgehead atoms. The molecule has 0 aliphatic rings. The summed E-state index contributed by atoms with van der Waals surface area (Å²) in [5.41, 5.74) is 1.14. The Bertz CT molecular complexity index is 822. The Morgan fingerprint density at radius 1 is 1.43 bits per heavy atom. The van der Waals surface area contributed by atoms with Crippen molar-refractivity contribution in [3.63, 3.8) is 0 Å². The lowest BCUT2D eigenvalue weighted by Crippen LogP contribution is -2.00. The van der Waals surface area contributed by atoms with Gasteiger partial charge in [0.15, 0.2) is 0 Å². The van der Waals surface area contributed by atoms with Crippen LogP contribution in [0.4, 0.5) is 4.39 Å². The van der Waals surface area contributed by atoms with Crippen LogP contribution in [0.3, 0.4) is 0 Å². The van der Waals surface area contributed by atoms with Crippen molar-refractivity contribution in [2.75, 3.05) is 0 Å². The molecule has 108 valence electrons. The second-order valence-corrected chi connectivity index (χ2v) is 5.73. The number of fused-ring (bicyclic) bond motifs is 1. The lowest BCUT2D eigenvalue weighted by Gasteiger charge is -2.03. The van der Waals surface area contributed by atoms with E-state index in [4.69, 9.17) is 5.11 Å². The van der Waals surface area contributed by atoms with Crippen molar-refractivity contribution in [2.45, 2.75) is 19.8 Å². The lowest BCUT2D eigenvalue weighted by atomic mass is 10.2. The maximum atomic E-state index is 14.0. The lowest BCUT2D eigenvalue weighted by molar-refractivity contribution is 0.0702. The predicted molar refractivity (Wildman–Crippen MR) is 79.9 cm³/mol. The van der Waals surface area contributed by atoms with E-state index in [9.17, 15) is 9.18 Å². The van der Waals surface area contributed by atoms with Crippen molar-refractivity contribution in [1.82, 2.24) is 9.78 Å². The number of hydrogen-bond donors (Lipinski definition) is 1. The van der Waals surface area contributed by atoms with E-state index in [2.05, 4.69) is 5.10 Å². The minimum absolute atomic E-state index is 0.241. The normalized spacial score (nSPS) is 11.1. The van der Waals surface area contributed by atoms with Gasteiger partial charge in [0, 0.05) is 5.39 Å². The summed E-state index contributed by atoms with van der Waals surface area (Å²) in [5.74, 6) is -1.35. The highest BCUT2D eigenvalue weighted by molar-refractivity contribution is 7.20. The first-order valence-electron chi connectivity index (χ1n) is 6.61. The summed E-state index contributed by atoms with van der Waals surface area (Å²) in [5, 5.41) is 14.4. The first-order valence-corrected chi connectivity index (χ1v) is 7.43. The van der Waals surface area contributed by atoms with E-state index in [0.717, 1.165) is 35.3 Å². The van der Waals surface area contributed by atoms with Gasteiger partial charge >= 0.3 is 5.97 Å². The number of rotatable bonds is 4. The summed E-state index contributed by atoms with van der Waals surface area (Å²) in [4.78, 5) is 12.1. The summed E-state index contributed by atoms with van der Waals surface area (Å²) >= 11 is 1.12. The number of carboxylic acid groups (broad SMARTS) is 1. The van der Waals surface area contributed by atoms with E-state index in [0.29, 0.717) is 10.5 Å². The summed E-state index contributed by atoms with van der Waals surface area (Å²) in [6.07, 6.45) is 1.62. The summed E-state index contributed by atoms with van der Waals surface area (Å²) < 4.78 is 15.5. The largest absolute Gasteiger partial charge is 0.477 e. The third-order valence-corrected chi connectivity index (χ3v) is 4.31. The van der Waals surface area contributed by atoms with Crippen LogP contribution in [-0.4, -0.2) is 20.9 Å². The predicted octanol–water partition coefficient (Wildman–Crippen LogP) is 3.88. The standard InChI is InChI=1S/C15H13FN2O2S/c1-2-5-11-9-8-13(15(19)20)21-14(9)18(17-11)12-7-4-3-6-10(12)16/h3-4,6-8H,2,5H2,1H3,(H,19,20). The van der Waals surface area contributed by atoms with Crippen LogP contribution in [0.25, 0.3) is 15.9 Å². The van der Waals surface area contributed by atoms with E-state index in [1.807, 2.05) is 6.92 Å². The van der Waals surface area contributed by atoms with Crippen molar-refractivity contribution in [1.29, 1.82) is 0 Å². The number of carbonyl (C=O) groups is 1.